The van der Waals surface area contributed by atoms with E-state index in [9.17, 15) is 4.39 Å². The van der Waals surface area contributed by atoms with Gasteiger partial charge in [-0.05, 0) is 57.4 Å². The van der Waals surface area contributed by atoms with Crippen LogP contribution in [0.2, 0.25) is 0 Å². The number of allylic oxidation sites excluding steroid dienone is 8. The van der Waals surface area contributed by atoms with Gasteiger partial charge in [0.2, 0.25) is 0 Å². The predicted octanol–water partition coefficient (Wildman–Crippen LogP) is 6.94. The fourth-order valence-electron chi connectivity index (χ4n) is 2.46. The van der Waals surface area contributed by atoms with E-state index < -0.39 is 0 Å². The van der Waals surface area contributed by atoms with Gasteiger partial charge in [0.1, 0.15) is 6.67 Å². The summed E-state index contributed by atoms with van der Waals surface area (Å²) in [5.41, 5.74) is 0. The molecule has 0 aromatic heterocycles. The van der Waals surface area contributed by atoms with E-state index in [0.29, 0.717) is 12.5 Å². The van der Waals surface area contributed by atoms with Gasteiger partial charge in [0.25, 0.3) is 0 Å². The monoisotopic (exact) mass is 349 g/mol. The first kappa shape index (κ1) is 23.9. The third-order valence-corrected chi connectivity index (χ3v) is 4.05. The van der Waals surface area contributed by atoms with E-state index in [2.05, 4.69) is 67.8 Å². The summed E-state index contributed by atoms with van der Waals surface area (Å²) >= 11 is 0. The van der Waals surface area contributed by atoms with Gasteiger partial charge in [0.15, 0.2) is 0 Å². The second-order valence-electron chi connectivity index (χ2n) is 6.66. The second kappa shape index (κ2) is 20.9. The summed E-state index contributed by atoms with van der Waals surface area (Å²) in [4.78, 5) is 0. The highest BCUT2D eigenvalue weighted by atomic mass is 19.1. The van der Waals surface area contributed by atoms with Gasteiger partial charge >= 0.3 is 0 Å². The quantitative estimate of drug-likeness (QED) is 0.221. The van der Waals surface area contributed by atoms with Gasteiger partial charge in [-0.15, -0.1) is 0 Å². The minimum absolute atomic E-state index is 0.274. The zero-order chi connectivity index (χ0) is 18.4. The lowest BCUT2D eigenvalue weighted by atomic mass is 10.1. The number of rotatable bonds is 17. The molecule has 1 atom stereocenters. The van der Waals surface area contributed by atoms with Crippen molar-refractivity contribution in [2.75, 3.05) is 19.8 Å². The average molecular weight is 350 g/mol. The Labute approximate surface area is 156 Å². The van der Waals surface area contributed by atoms with Crippen molar-refractivity contribution in [3.05, 3.63) is 48.6 Å². The molecule has 0 saturated carbocycles. The molecule has 0 aromatic rings. The largest absolute Gasteiger partial charge is 0.314 e. The Kier molecular flexibility index (Phi) is 19.9. The molecule has 0 amide bonds. The molecule has 0 spiro atoms. The van der Waals surface area contributed by atoms with Crippen LogP contribution < -0.4 is 5.32 Å². The Morgan fingerprint density at radius 3 is 1.92 bits per heavy atom. The average Bonchev–Trinajstić information content (AvgIpc) is 2.61. The van der Waals surface area contributed by atoms with Gasteiger partial charge in [-0.2, -0.15) is 0 Å². The molecule has 0 aromatic carbocycles. The molecule has 0 bridgehead atoms. The molecule has 0 radical (unpaired) electrons. The maximum Gasteiger partial charge on any atom is 0.102 e. The van der Waals surface area contributed by atoms with Crippen LogP contribution in [0.5, 0.6) is 0 Å². The van der Waals surface area contributed by atoms with Crippen molar-refractivity contribution < 1.29 is 4.39 Å². The van der Waals surface area contributed by atoms with Gasteiger partial charge in [-0.25, -0.2) is 4.39 Å². The summed E-state index contributed by atoms with van der Waals surface area (Å²) < 4.78 is 12.0. The zero-order valence-corrected chi connectivity index (χ0v) is 16.6. The van der Waals surface area contributed by atoms with Crippen molar-refractivity contribution in [1.29, 1.82) is 0 Å². The van der Waals surface area contributed by atoms with Crippen LogP contribution in [-0.2, 0) is 0 Å². The molecule has 0 saturated heterocycles. The molecule has 0 aliphatic carbocycles. The molecule has 1 N–H and O–H groups in total. The number of unbranched alkanes of at least 4 members (excludes halogenated alkanes) is 3. The number of alkyl halides is 1. The first-order valence-corrected chi connectivity index (χ1v) is 10.2. The molecule has 0 aliphatic heterocycles. The topological polar surface area (TPSA) is 12.0 Å². The Morgan fingerprint density at radius 2 is 1.36 bits per heavy atom. The van der Waals surface area contributed by atoms with E-state index in [1.165, 1.54) is 25.7 Å². The van der Waals surface area contributed by atoms with Crippen LogP contribution in [0.3, 0.4) is 0 Å². The lowest BCUT2D eigenvalue weighted by Crippen LogP contribution is -2.23. The minimum Gasteiger partial charge on any atom is -0.314 e. The number of hydrogen-bond acceptors (Lipinski definition) is 1. The van der Waals surface area contributed by atoms with Gasteiger partial charge in [-0.3, -0.25) is 0 Å². The van der Waals surface area contributed by atoms with E-state index in [1.807, 2.05) is 0 Å². The molecular formula is C23H40FN. The van der Waals surface area contributed by atoms with Crippen LogP contribution in [0.25, 0.3) is 0 Å². The maximum atomic E-state index is 12.0. The number of halogens is 1. The summed E-state index contributed by atoms with van der Waals surface area (Å²) in [5.74, 6) is 0.609. The number of nitrogens with one attached hydrogen (secondary N) is 1. The van der Waals surface area contributed by atoms with Crippen LogP contribution in [0.4, 0.5) is 4.39 Å². The first-order valence-electron chi connectivity index (χ1n) is 10.2. The molecule has 0 aliphatic rings. The molecule has 2 heteroatoms. The highest BCUT2D eigenvalue weighted by Gasteiger charge is 1.99. The van der Waals surface area contributed by atoms with Crippen LogP contribution in [0.1, 0.15) is 71.6 Å². The van der Waals surface area contributed by atoms with Gasteiger partial charge in [0, 0.05) is 6.54 Å². The number of hydrogen-bond donors (Lipinski definition) is 1. The summed E-state index contributed by atoms with van der Waals surface area (Å²) in [6.45, 7) is 5.58. The van der Waals surface area contributed by atoms with Gasteiger partial charge < -0.3 is 5.32 Å². The smallest absolute Gasteiger partial charge is 0.102 e. The molecule has 0 rings (SSSR count). The van der Waals surface area contributed by atoms with Crippen molar-refractivity contribution >= 4 is 0 Å². The summed E-state index contributed by atoms with van der Waals surface area (Å²) in [6, 6.07) is 0. The molecule has 0 heterocycles. The Bertz CT molecular complexity index is 368. The van der Waals surface area contributed by atoms with Crippen molar-refractivity contribution in [3.8, 4) is 0 Å². The normalized spacial score (nSPS) is 13.9. The molecule has 144 valence electrons. The predicted molar refractivity (Wildman–Crippen MR) is 112 cm³/mol. The lowest BCUT2D eigenvalue weighted by Gasteiger charge is -2.09. The fraction of sp³-hybridized carbons (Fsp3) is 0.652. The minimum atomic E-state index is -0.274. The molecule has 1 nitrogen and oxygen atoms in total. The zero-order valence-electron chi connectivity index (χ0n) is 16.6. The van der Waals surface area contributed by atoms with Crippen molar-refractivity contribution in [2.24, 2.45) is 5.92 Å². The first-order chi connectivity index (χ1) is 12.3. The summed E-state index contributed by atoms with van der Waals surface area (Å²) in [7, 11) is 0. The summed E-state index contributed by atoms with van der Waals surface area (Å²) in [6.07, 6.45) is 28.6. The second-order valence-corrected chi connectivity index (χ2v) is 6.66. The Balaban J connectivity index is 3.45. The molecule has 1 unspecified atom stereocenters. The third kappa shape index (κ3) is 20.8. The van der Waals surface area contributed by atoms with E-state index in [-0.39, 0.29) is 6.67 Å². The van der Waals surface area contributed by atoms with E-state index in [0.717, 1.165) is 38.6 Å². The Hall–Kier alpha value is -1.15. The third-order valence-electron chi connectivity index (χ3n) is 4.05. The molecular weight excluding hydrogens is 309 g/mol. The van der Waals surface area contributed by atoms with Crippen LogP contribution in [0, 0.1) is 5.92 Å². The highest BCUT2D eigenvalue weighted by Crippen LogP contribution is 2.05. The van der Waals surface area contributed by atoms with E-state index in [1.54, 1.807) is 0 Å². The highest BCUT2D eigenvalue weighted by molar-refractivity contribution is 4.99. The van der Waals surface area contributed by atoms with Crippen molar-refractivity contribution in [3.63, 3.8) is 0 Å². The van der Waals surface area contributed by atoms with Crippen molar-refractivity contribution in [1.82, 2.24) is 5.32 Å². The standard InChI is InChI=1S/C23H40FN/c1-3-4-5-6-7-8-9-10-11-12-13-14-15-16-17-18-19-23(2)22-25-21-20-24/h7-8,10-11,13-14,16-17,23,25H,3-6,9,12,15,18-22H2,1-2H3/b8-7-,11-10-,14-13-,17-16-. The van der Waals surface area contributed by atoms with E-state index in [4.69, 9.17) is 0 Å². The van der Waals surface area contributed by atoms with Crippen LogP contribution >= 0.6 is 0 Å². The van der Waals surface area contributed by atoms with Gasteiger partial charge in [0.05, 0.1) is 0 Å². The fourth-order valence-corrected chi connectivity index (χ4v) is 2.46. The maximum absolute atomic E-state index is 12.0. The van der Waals surface area contributed by atoms with Crippen LogP contribution in [-0.4, -0.2) is 19.8 Å². The summed E-state index contributed by atoms with van der Waals surface area (Å²) in [5, 5.41) is 3.12. The molecule has 0 fully saturated rings. The SMILES string of the molecule is CCCCC/C=C\C/C=C\C/C=C\C/C=C\CCC(C)CNCCF. The van der Waals surface area contributed by atoms with Gasteiger partial charge in [-0.1, -0.05) is 75.3 Å². The van der Waals surface area contributed by atoms with E-state index >= 15 is 0 Å². The molecule has 25 heavy (non-hydrogen) atoms. The Morgan fingerprint density at radius 1 is 0.800 bits per heavy atom. The lowest BCUT2D eigenvalue weighted by molar-refractivity contribution is 0.431. The van der Waals surface area contributed by atoms with Crippen molar-refractivity contribution in [2.45, 2.75) is 71.6 Å². The van der Waals surface area contributed by atoms with Crippen LogP contribution in [0.15, 0.2) is 48.6 Å².